The number of allylic oxidation sites excluding steroid dienone is 2. The summed E-state index contributed by atoms with van der Waals surface area (Å²) in [4.78, 5) is 0. The van der Waals surface area contributed by atoms with E-state index >= 15 is 0 Å². The standard InChI is InChI=1S/C17H24O3/c1-12(2)6-5-8-17(4,20)9-7-14-11-15(18)10-13(3)16(14)19/h6-7,9-11,18-20H,5,8H2,1-4H3/b9-7+/t17-/m1/s1. The highest BCUT2D eigenvalue weighted by Crippen LogP contribution is 2.29. The topological polar surface area (TPSA) is 60.7 Å². The van der Waals surface area contributed by atoms with Gasteiger partial charge in [0.15, 0.2) is 0 Å². The van der Waals surface area contributed by atoms with Crippen LogP contribution in [0.4, 0.5) is 0 Å². The Morgan fingerprint density at radius 2 is 1.90 bits per heavy atom. The summed E-state index contributed by atoms with van der Waals surface area (Å²) in [5.41, 5.74) is 1.39. The second-order valence-electron chi connectivity index (χ2n) is 5.71. The molecule has 1 atom stereocenters. The van der Waals surface area contributed by atoms with Crippen LogP contribution in [-0.2, 0) is 0 Å². The van der Waals surface area contributed by atoms with E-state index in [-0.39, 0.29) is 11.5 Å². The van der Waals surface area contributed by atoms with E-state index in [4.69, 9.17) is 0 Å². The van der Waals surface area contributed by atoms with Crippen molar-refractivity contribution in [1.82, 2.24) is 0 Å². The molecule has 0 amide bonds. The fourth-order valence-corrected chi connectivity index (χ4v) is 1.92. The zero-order valence-corrected chi connectivity index (χ0v) is 12.6. The van der Waals surface area contributed by atoms with Crippen molar-refractivity contribution < 1.29 is 15.3 Å². The second kappa shape index (κ2) is 6.62. The van der Waals surface area contributed by atoms with Crippen molar-refractivity contribution >= 4 is 6.08 Å². The predicted molar refractivity (Wildman–Crippen MR) is 82.8 cm³/mol. The van der Waals surface area contributed by atoms with Crippen molar-refractivity contribution in [2.45, 2.75) is 46.1 Å². The van der Waals surface area contributed by atoms with Crippen LogP contribution in [0.1, 0.15) is 44.7 Å². The van der Waals surface area contributed by atoms with Crippen molar-refractivity contribution in [2.24, 2.45) is 0 Å². The third kappa shape index (κ3) is 5.10. The number of rotatable bonds is 5. The van der Waals surface area contributed by atoms with Crippen molar-refractivity contribution in [3.63, 3.8) is 0 Å². The molecule has 3 heteroatoms. The summed E-state index contributed by atoms with van der Waals surface area (Å²) < 4.78 is 0. The lowest BCUT2D eigenvalue weighted by atomic mass is 9.97. The smallest absolute Gasteiger partial charge is 0.125 e. The molecule has 0 spiro atoms. The summed E-state index contributed by atoms with van der Waals surface area (Å²) in [5, 5.41) is 29.7. The van der Waals surface area contributed by atoms with Crippen molar-refractivity contribution in [3.05, 3.63) is 41.0 Å². The highest BCUT2D eigenvalue weighted by molar-refractivity contribution is 5.62. The van der Waals surface area contributed by atoms with Crippen LogP contribution < -0.4 is 0 Å². The zero-order valence-electron chi connectivity index (χ0n) is 12.6. The van der Waals surface area contributed by atoms with E-state index in [2.05, 4.69) is 6.08 Å². The van der Waals surface area contributed by atoms with Gasteiger partial charge in [-0.15, -0.1) is 0 Å². The summed E-state index contributed by atoms with van der Waals surface area (Å²) in [5.74, 6) is 0.225. The van der Waals surface area contributed by atoms with Gasteiger partial charge >= 0.3 is 0 Å². The zero-order chi connectivity index (χ0) is 15.3. The van der Waals surface area contributed by atoms with Gasteiger partial charge in [0.2, 0.25) is 0 Å². The van der Waals surface area contributed by atoms with Crippen molar-refractivity contribution in [1.29, 1.82) is 0 Å². The SMILES string of the molecule is CC(C)=CCC[C@@](C)(O)/C=C/c1cc(O)cc(C)c1O. The molecule has 0 heterocycles. The molecule has 0 radical (unpaired) electrons. The molecule has 0 aromatic heterocycles. The monoisotopic (exact) mass is 276 g/mol. The highest BCUT2D eigenvalue weighted by atomic mass is 16.3. The van der Waals surface area contributed by atoms with E-state index in [1.54, 1.807) is 26.0 Å². The lowest BCUT2D eigenvalue weighted by Gasteiger charge is -2.18. The summed E-state index contributed by atoms with van der Waals surface area (Å²) >= 11 is 0. The van der Waals surface area contributed by atoms with Crippen LogP contribution in [0, 0.1) is 6.92 Å². The Morgan fingerprint density at radius 1 is 1.25 bits per heavy atom. The normalized spacial score (nSPS) is 14.2. The molecular formula is C17H24O3. The van der Waals surface area contributed by atoms with Crippen LogP contribution >= 0.6 is 0 Å². The minimum Gasteiger partial charge on any atom is -0.508 e. The fourth-order valence-electron chi connectivity index (χ4n) is 1.92. The van der Waals surface area contributed by atoms with Crippen LogP contribution in [-0.4, -0.2) is 20.9 Å². The molecule has 3 N–H and O–H groups in total. The summed E-state index contributed by atoms with van der Waals surface area (Å²) in [6.07, 6.45) is 6.78. The van der Waals surface area contributed by atoms with Crippen LogP contribution in [0.25, 0.3) is 6.08 Å². The molecule has 0 aliphatic rings. The maximum Gasteiger partial charge on any atom is 0.125 e. The van der Waals surface area contributed by atoms with Gasteiger partial charge in [0.25, 0.3) is 0 Å². The van der Waals surface area contributed by atoms with Gasteiger partial charge in [-0.3, -0.25) is 0 Å². The van der Waals surface area contributed by atoms with E-state index in [9.17, 15) is 15.3 Å². The Labute approximate surface area is 120 Å². The maximum atomic E-state index is 10.3. The number of benzene rings is 1. The van der Waals surface area contributed by atoms with E-state index in [1.807, 2.05) is 13.8 Å². The van der Waals surface area contributed by atoms with E-state index in [0.29, 0.717) is 17.5 Å². The van der Waals surface area contributed by atoms with Gasteiger partial charge in [-0.2, -0.15) is 0 Å². The minimum absolute atomic E-state index is 0.101. The number of phenolic OH excluding ortho intramolecular Hbond substituents is 2. The average molecular weight is 276 g/mol. The quantitative estimate of drug-likeness (QED) is 0.564. The molecule has 0 aliphatic carbocycles. The molecule has 0 saturated carbocycles. The van der Waals surface area contributed by atoms with Crippen LogP contribution in [0.15, 0.2) is 29.9 Å². The van der Waals surface area contributed by atoms with Gasteiger partial charge in [-0.25, -0.2) is 0 Å². The first-order valence-electron chi connectivity index (χ1n) is 6.79. The summed E-state index contributed by atoms with van der Waals surface area (Å²) in [6, 6.07) is 2.98. The fraction of sp³-hybridized carbons (Fsp3) is 0.412. The van der Waals surface area contributed by atoms with Crippen molar-refractivity contribution in [2.75, 3.05) is 0 Å². The number of aryl methyl sites for hydroxylation is 1. The lowest BCUT2D eigenvalue weighted by Crippen LogP contribution is -2.19. The van der Waals surface area contributed by atoms with E-state index < -0.39 is 5.60 Å². The molecule has 110 valence electrons. The summed E-state index contributed by atoms with van der Waals surface area (Å²) in [6.45, 7) is 7.50. The van der Waals surface area contributed by atoms with Crippen LogP contribution in [0.3, 0.4) is 0 Å². The summed E-state index contributed by atoms with van der Waals surface area (Å²) in [7, 11) is 0. The number of aliphatic hydroxyl groups is 1. The Morgan fingerprint density at radius 3 is 2.50 bits per heavy atom. The molecular weight excluding hydrogens is 252 g/mol. The molecule has 0 saturated heterocycles. The average Bonchev–Trinajstić information content (AvgIpc) is 2.31. The van der Waals surface area contributed by atoms with Gasteiger partial charge < -0.3 is 15.3 Å². The van der Waals surface area contributed by atoms with E-state index in [0.717, 1.165) is 6.42 Å². The Balaban J connectivity index is 2.83. The second-order valence-corrected chi connectivity index (χ2v) is 5.71. The molecule has 0 aliphatic heterocycles. The van der Waals surface area contributed by atoms with Gasteiger partial charge in [0.1, 0.15) is 11.5 Å². The first-order valence-corrected chi connectivity index (χ1v) is 6.79. The van der Waals surface area contributed by atoms with Gasteiger partial charge in [-0.1, -0.05) is 23.8 Å². The number of hydrogen-bond acceptors (Lipinski definition) is 3. The Kier molecular flexibility index (Phi) is 5.40. The molecule has 0 bridgehead atoms. The molecule has 1 aromatic rings. The Hall–Kier alpha value is -1.74. The molecule has 1 aromatic carbocycles. The first-order chi connectivity index (χ1) is 9.21. The minimum atomic E-state index is -0.947. The Bertz CT molecular complexity index is 521. The van der Waals surface area contributed by atoms with Gasteiger partial charge in [0, 0.05) is 5.56 Å². The van der Waals surface area contributed by atoms with Gasteiger partial charge in [-0.05, 0) is 58.2 Å². The number of phenols is 2. The highest BCUT2D eigenvalue weighted by Gasteiger charge is 2.15. The predicted octanol–water partition coefficient (Wildman–Crippen LogP) is 3.92. The molecule has 20 heavy (non-hydrogen) atoms. The number of aromatic hydroxyl groups is 2. The lowest BCUT2D eigenvalue weighted by molar-refractivity contribution is 0.104. The molecule has 3 nitrogen and oxygen atoms in total. The maximum absolute atomic E-state index is 10.3. The number of hydrogen-bond donors (Lipinski definition) is 3. The molecule has 0 fully saturated rings. The molecule has 1 rings (SSSR count). The van der Waals surface area contributed by atoms with Crippen LogP contribution in [0.2, 0.25) is 0 Å². The van der Waals surface area contributed by atoms with Crippen molar-refractivity contribution in [3.8, 4) is 11.5 Å². The van der Waals surface area contributed by atoms with E-state index in [1.165, 1.54) is 17.7 Å². The van der Waals surface area contributed by atoms with Gasteiger partial charge in [0.05, 0.1) is 5.60 Å². The van der Waals surface area contributed by atoms with Crippen LogP contribution in [0.5, 0.6) is 11.5 Å². The largest absolute Gasteiger partial charge is 0.508 e. The third-order valence-corrected chi connectivity index (χ3v) is 3.14. The first kappa shape index (κ1) is 16.3. The third-order valence-electron chi connectivity index (χ3n) is 3.14. The molecule has 0 unspecified atom stereocenters.